The van der Waals surface area contributed by atoms with Crippen LogP contribution in [0.15, 0.2) is 47.4 Å². The van der Waals surface area contributed by atoms with Crippen LogP contribution in [0.4, 0.5) is 0 Å². The molecule has 0 atom stereocenters. The van der Waals surface area contributed by atoms with Crippen LogP contribution >= 0.6 is 0 Å². The molecular weight excluding hydrogens is 368 g/mol. The smallest absolute Gasteiger partial charge is 0.257 e. The number of rotatable bonds is 9. The lowest BCUT2D eigenvalue weighted by Crippen LogP contribution is -2.36. The Labute approximate surface area is 159 Å². The highest BCUT2D eigenvalue weighted by Gasteiger charge is 2.20. The first-order chi connectivity index (χ1) is 12.8. The molecule has 0 aromatic heterocycles. The number of methoxy groups -OCH3 is 1. The largest absolute Gasteiger partial charge is 0.495 e. The van der Waals surface area contributed by atoms with E-state index in [1.54, 1.807) is 24.3 Å². The first-order valence-electron chi connectivity index (χ1n) is 8.43. The van der Waals surface area contributed by atoms with Gasteiger partial charge in [0.1, 0.15) is 16.4 Å². The number of hydrogen-bond donors (Lipinski definition) is 2. The third-order valence-corrected chi connectivity index (χ3v) is 5.40. The predicted octanol–water partition coefficient (Wildman–Crippen LogP) is 1.79. The van der Waals surface area contributed by atoms with Gasteiger partial charge in [-0.2, -0.15) is 0 Å². The minimum atomic E-state index is -3.75. The van der Waals surface area contributed by atoms with E-state index in [4.69, 9.17) is 9.47 Å². The molecule has 2 aromatic carbocycles. The molecule has 0 aliphatic heterocycles. The van der Waals surface area contributed by atoms with E-state index >= 15 is 0 Å². The summed E-state index contributed by atoms with van der Waals surface area (Å²) in [4.78, 5) is 11.8. The number of nitrogens with one attached hydrogen (secondary N) is 2. The van der Waals surface area contributed by atoms with Crippen molar-refractivity contribution < 1.29 is 22.7 Å². The molecule has 0 heterocycles. The molecule has 2 aromatic rings. The monoisotopic (exact) mass is 392 g/mol. The van der Waals surface area contributed by atoms with Gasteiger partial charge in [-0.15, -0.1) is 0 Å². The van der Waals surface area contributed by atoms with Crippen molar-refractivity contribution in [3.63, 3.8) is 0 Å². The lowest BCUT2D eigenvalue weighted by molar-refractivity contribution is -0.123. The van der Waals surface area contributed by atoms with Crippen LogP contribution in [0.3, 0.4) is 0 Å². The van der Waals surface area contributed by atoms with Gasteiger partial charge in [0.05, 0.1) is 7.11 Å². The molecule has 0 radical (unpaired) electrons. The number of amides is 1. The Morgan fingerprint density at radius 3 is 2.37 bits per heavy atom. The van der Waals surface area contributed by atoms with Crippen LogP contribution < -0.4 is 19.5 Å². The first-order valence-corrected chi connectivity index (χ1v) is 9.91. The van der Waals surface area contributed by atoms with Gasteiger partial charge in [0.15, 0.2) is 6.61 Å². The topological polar surface area (TPSA) is 93.7 Å². The molecule has 0 spiro atoms. The van der Waals surface area contributed by atoms with E-state index in [0.717, 1.165) is 11.1 Å². The Morgan fingerprint density at radius 1 is 1.04 bits per heavy atom. The van der Waals surface area contributed by atoms with Gasteiger partial charge >= 0.3 is 0 Å². The van der Waals surface area contributed by atoms with Crippen molar-refractivity contribution in [1.82, 2.24) is 10.0 Å². The maximum Gasteiger partial charge on any atom is 0.257 e. The zero-order valence-electron chi connectivity index (χ0n) is 15.6. The van der Waals surface area contributed by atoms with E-state index in [2.05, 4.69) is 10.0 Å². The molecule has 0 saturated carbocycles. The van der Waals surface area contributed by atoms with Crippen molar-refractivity contribution in [2.24, 2.45) is 0 Å². The van der Waals surface area contributed by atoms with Gasteiger partial charge in [-0.05, 0) is 49.2 Å². The normalized spacial score (nSPS) is 11.1. The molecule has 0 aliphatic carbocycles. The fourth-order valence-electron chi connectivity index (χ4n) is 2.31. The average Bonchev–Trinajstić information content (AvgIpc) is 2.66. The number of para-hydroxylation sites is 1. The van der Waals surface area contributed by atoms with Crippen molar-refractivity contribution in [3.8, 4) is 11.5 Å². The SMILES string of the molecule is COc1cc(C)c(C)cc1S(=O)(=O)NCCNC(=O)COc1ccccc1. The number of sulfonamides is 1. The van der Waals surface area contributed by atoms with Crippen LogP contribution in [-0.2, 0) is 14.8 Å². The number of carbonyl (C=O) groups is 1. The summed E-state index contributed by atoms with van der Waals surface area (Å²) in [5.41, 5.74) is 1.79. The molecule has 2 rings (SSSR count). The first kappa shape index (κ1) is 20.7. The van der Waals surface area contributed by atoms with Crippen LogP contribution in [0, 0.1) is 13.8 Å². The van der Waals surface area contributed by atoms with E-state index in [9.17, 15) is 13.2 Å². The van der Waals surface area contributed by atoms with Crippen LogP contribution in [0.2, 0.25) is 0 Å². The minimum Gasteiger partial charge on any atom is -0.495 e. The summed E-state index contributed by atoms with van der Waals surface area (Å²) in [5.74, 6) is 0.544. The minimum absolute atomic E-state index is 0.0511. The molecule has 1 amide bonds. The lowest BCUT2D eigenvalue weighted by Gasteiger charge is -2.13. The fraction of sp³-hybridized carbons (Fsp3) is 0.316. The molecule has 0 unspecified atom stereocenters. The maximum absolute atomic E-state index is 12.5. The molecule has 0 aliphatic rings. The van der Waals surface area contributed by atoms with Crippen molar-refractivity contribution >= 4 is 15.9 Å². The van der Waals surface area contributed by atoms with E-state index in [0.29, 0.717) is 5.75 Å². The molecule has 2 N–H and O–H groups in total. The molecule has 0 fully saturated rings. The molecule has 8 heteroatoms. The third-order valence-electron chi connectivity index (χ3n) is 3.92. The van der Waals surface area contributed by atoms with Gasteiger partial charge in [0.25, 0.3) is 5.91 Å². The summed E-state index contributed by atoms with van der Waals surface area (Å²) in [5, 5.41) is 2.60. The Morgan fingerprint density at radius 2 is 1.70 bits per heavy atom. The van der Waals surface area contributed by atoms with Gasteiger partial charge < -0.3 is 14.8 Å². The second-order valence-corrected chi connectivity index (χ2v) is 7.67. The lowest BCUT2D eigenvalue weighted by atomic mass is 10.1. The van der Waals surface area contributed by atoms with E-state index < -0.39 is 10.0 Å². The van der Waals surface area contributed by atoms with Gasteiger partial charge in [-0.1, -0.05) is 18.2 Å². The van der Waals surface area contributed by atoms with Gasteiger partial charge in [-0.25, -0.2) is 13.1 Å². The molecule has 0 bridgehead atoms. The number of benzene rings is 2. The zero-order valence-corrected chi connectivity index (χ0v) is 16.4. The second kappa shape index (κ2) is 9.38. The number of carbonyl (C=O) groups excluding carboxylic acids is 1. The van der Waals surface area contributed by atoms with Gasteiger partial charge in [0.2, 0.25) is 10.0 Å². The van der Waals surface area contributed by atoms with Gasteiger partial charge in [0, 0.05) is 13.1 Å². The molecular formula is C19H24N2O5S. The molecule has 146 valence electrons. The summed E-state index contributed by atoms with van der Waals surface area (Å²) in [6.45, 7) is 3.77. The van der Waals surface area contributed by atoms with E-state index in [-0.39, 0.29) is 36.2 Å². The predicted molar refractivity (Wildman–Crippen MR) is 103 cm³/mol. The van der Waals surface area contributed by atoms with Crippen molar-refractivity contribution in [2.45, 2.75) is 18.7 Å². The van der Waals surface area contributed by atoms with Crippen LogP contribution in [0.1, 0.15) is 11.1 Å². The van der Waals surface area contributed by atoms with Crippen LogP contribution in [0.5, 0.6) is 11.5 Å². The van der Waals surface area contributed by atoms with Crippen molar-refractivity contribution in [3.05, 3.63) is 53.6 Å². The molecule has 7 nitrogen and oxygen atoms in total. The number of ether oxygens (including phenoxy) is 2. The Bertz CT molecular complexity index is 882. The maximum atomic E-state index is 12.5. The van der Waals surface area contributed by atoms with Crippen molar-refractivity contribution in [1.29, 1.82) is 0 Å². The molecule has 27 heavy (non-hydrogen) atoms. The number of aryl methyl sites for hydroxylation is 2. The molecule has 0 saturated heterocycles. The summed E-state index contributed by atoms with van der Waals surface area (Å²) in [6.07, 6.45) is 0. The number of hydrogen-bond acceptors (Lipinski definition) is 5. The average molecular weight is 392 g/mol. The van der Waals surface area contributed by atoms with E-state index in [1.165, 1.54) is 7.11 Å². The van der Waals surface area contributed by atoms with E-state index in [1.807, 2.05) is 32.0 Å². The summed E-state index contributed by atoms with van der Waals surface area (Å²) < 4.78 is 38.0. The van der Waals surface area contributed by atoms with Crippen LogP contribution in [0.25, 0.3) is 0 Å². The standard InChI is InChI=1S/C19H24N2O5S/c1-14-11-17(25-3)18(12-15(14)2)27(23,24)21-10-9-20-19(22)13-26-16-7-5-4-6-8-16/h4-8,11-12,21H,9-10,13H2,1-3H3,(H,20,22). The summed E-state index contributed by atoms with van der Waals surface area (Å²) >= 11 is 0. The quantitative estimate of drug-likeness (QED) is 0.635. The third kappa shape index (κ3) is 5.97. The highest BCUT2D eigenvalue weighted by atomic mass is 32.2. The summed E-state index contributed by atoms with van der Waals surface area (Å²) in [6, 6.07) is 12.2. The fourth-order valence-corrected chi connectivity index (χ4v) is 3.58. The van der Waals surface area contributed by atoms with Crippen LogP contribution in [-0.4, -0.2) is 41.1 Å². The highest BCUT2D eigenvalue weighted by molar-refractivity contribution is 7.89. The summed E-state index contributed by atoms with van der Waals surface area (Å²) in [7, 11) is -2.33. The van der Waals surface area contributed by atoms with Crippen molar-refractivity contribution in [2.75, 3.05) is 26.8 Å². The van der Waals surface area contributed by atoms with Gasteiger partial charge in [-0.3, -0.25) is 4.79 Å². The highest BCUT2D eigenvalue weighted by Crippen LogP contribution is 2.26. The Balaban J connectivity index is 1.84. The zero-order chi connectivity index (χ0) is 19.9. The second-order valence-electron chi connectivity index (χ2n) is 5.94. The Kier molecular flexibility index (Phi) is 7.20. The Hall–Kier alpha value is -2.58.